The smallest absolute Gasteiger partial charge is 0.146 e. The maximum Gasteiger partial charge on any atom is 0.146 e. The number of benzene rings is 1. The maximum absolute atomic E-state index is 13.8. The van der Waals surface area contributed by atoms with Crippen LogP contribution in [0.3, 0.4) is 0 Å². The Morgan fingerprint density at radius 1 is 1.35 bits per heavy atom. The van der Waals surface area contributed by atoms with Gasteiger partial charge in [-0.3, -0.25) is 0 Å². The molecule has 1 N–H and O–H groups in total. The molecule has 0 unspecified atom stereocenters. The number of rotatable bonds is 5. The highest BCUT2D eigenvalue weighted by Crippen LogP contribution is 2.27. The van der Waals surface area contributed by atoms with E-state index in [1.807, 2.05) is 13.0 Å². The molecule has 0 saturated carbocycles. The molecular formula is C15H17ClFN3. The van der Waals surface area contributed by atoms with Crippen molar-refractivity contribution in [2.75, 3.05) is 18.5 Å². The van der Waals surface area contributed by atoms with Crippen molar-refractivity contribution >= 4 is 23.1 Å². The minimum atomic E-state index is -0.278. The number of aromatic nitrogens is 1. The van der Waals surface area contributed by atoms with Crippen molar-refractivity contribution in [2.24, 2.45) is 0 Å². The number of hydrogen-bond acceptors (Lipinski definition) is 3. The SMILES string of the molecule is CCNCc1cc(N(C)c2ccccc2F)ncc1Cl. The van der Waals surface area contributed by atoms with Crippen molar-refractivity contribution in [2.45, 2.75) is 13.5 Å². The highest BCUT2D eigenvalue weighted by atomic mass is 35.5. The lowest BCUT2D eigenvalue weighted by Crippen LogP contribution is -2.15. The predicted molar refractivity (Wildman–Crippen MR) is 81.1 cm³/mol. The predicted octanol–water partition coefficient (Wildman–Crippen LogP) is 3.75. The number of para-hydroxylation sites is 1. The second-order valence-corrected chi connectivity index (χ2v) is 4.83. The lowest BCUT2D eigenvalue weighted by Gasteiger charge is -2.20. The largest absolute Gasteiger partial charge is 0.327 e. The van der Waals surface area contributed by atoms with E-state index in [1.165, 1.54) is 6.07 Å². The Labute approximate surface area is 123 Å². The summed E-state index contributed by atoms with van der Waals surface area (Å²) in [6, 6.07) is 8.48. The zero-order chi connectivity index (χ0) is 14.5. The molecule has 20 heavy (non-hydrogen) atoms. The summed E-state index contributed by atoms with van der Waals surface area (Å²) >= 11 is 6.12. The Hall–Kier alpha value is -1.65. The van der Waals surface area contributed by atoms with E-state index in [-0.39, 0.29) is 5.82 Å². The van der Waals surface area contributed by atoms with E-state index < -0.39 is 0 Å². The molecule has 3 nitrogen and oxygen atoms in total. The molecule has 1 aromatic heterocycles. The van der Waals surface area contributed by atoms with Gasteiger partial charge in [0.2, 0.25) is 0 Å². The molecule has 106 valence electrons. The van der Waals surface area contributed by atoms with Crippen LogP contribution in [0, 0.1) is 5.82 Å². The second kappa shape index (κ2) is 6.68. The van der Waals surface area contributed by atoms with Gasteiger partial charge in [-0.25, -0.2) is 9.37 Å². The van der Waals surface area contributed by atoms with Crippen molar-refractivity contribution in [3.05, 3.63) is 52.9 Å². The van der Waals surface area contributed by atoms with Gasteiger partial charge in [0.1, 0.15) is 11.6 Å². The van der Waals surface area contributed by atoms with E-state index >= 15 is 0 Å². The fraction of sp³-hybridized carbons (Fsp3) is 0.267. The minimum absolute atomic E-state index is 0.278. The molecule has 5 heteroatoms. The molecule has 0 aliphatic heterocycles. The van der Waals surface area contributed by atoms with Gasteiger partial charge < -0.3 is 10.2 Å². The fourth-order valence-electron chi connectivity index (χ4n) is 1.89. The topological polar surface area (TPSA) is 28.2 Å². The maximum atomic E-state index is 13.8. The number of nitrogens with zero attached hydrogens (tertiary/aromatic N) is 2. The van der Waals surface area contributed by atoms with Gasteiger partial charge in [0.15, 0.2) is 0 Å². The third-order valence-corrected chi connectivity index (χ3v) is 3.38. The van der Waals surface area contributed by atoms with Crippen LogP contribution < -0.4 is 10.2 Å². The van der Waals surface area contributed by atoms with E-state index in [0.717, 1.165) is 12.1 Å². The summed E-state index contributed by atoms with van der Waals surface area (Å²) in [6.45, 7) is 3.55. The molecule has 2 rings (SSSR count). The third kappa shape index (κ3) is 3.26. The van der Waals surface area contributed by atoms with Crippen LogP contribution in [0.5, 0.6) is 0 Å². The molecule has 0 saturated heterocycles. The molecule has 1 aromatic carbocycles. The highest BCUT2D eigenvalue weighted by molar-refractivity contribution is 6.31. The quantitative estimate of drug-likeness (QED) is 0.910. The van der Waals surface area contributed by atoms with Crippen LogP contribution in [0.2, 0.25) is 5.02 Å². The second-order valence-electron chi connectivity index (χ2n) is 4.42. The van der Waals surface area contributed by atoms with Gasteiger partial charge >= 0.3 is 0 Å². The average molecular weight is 294 g/mol. The van der Waals surface area contributed by atoms with Gasteiger partial charge in [0, 0.05) is 19.8 Å². The summed E-state index contributed by atoms with van der Waals surface area (Å²) in [7, 11) is 1.78. The molecule has 0 amide bonds. The van der Waals surface area contributed by atoms with Crippen molar-refractivity contribution in [3.8, 4) is 0 Å². The third-order valence-electron chi connectivity index (χ3n) is 3.04. The first kappa shape index (κ1) is 14.8. The fourth-order valence-corrected chi connectivity index (χ4v) is 2.06. The number of pyridine rings is 1. The molecule has 0 atom stereocenters. The molecule has 0 bridgehead atoms. The molecule has 0 fully saturated rings. The van der Waals surface area contributed by atoms with Gasteiger partial charge in [0.25, 0.3) is 0 Å². The summed E-state index contributed by atoms with van der Waals surface area (Å²) in [5, 5.41) is 3.83. The highest BCUT2D eigenvalue weighted by Gasteiger charge is 2.11. The lowest BCUT2D eigenvalue weighted by atomic mass is 10.2. The van der Waals surface area contributed by atoms with E-state index in [4.69, 9.17) is 11.6 Å². The number of halogens is 2. The molecule has 0 aliphatic rings. The standard InChI is InChI=1S/C15H17ClFN3/c1-3-18-9-11-8-15(19-10-12(11)16)20(2)14-7-5-4-6-13(14)17/h4-8,10,18H,3,9H2,1-2H3. The zero-order valence-electron chi connectivity index (χ0n) is 11.5. The summed E-state index contributed by atoms with van der Waals surface area (Å²) in [4.78, 5) is 5.97. The van der Waals surface area contributed by atoms with Crippen LogP contribution in [0.4, 0.5) is 15.9 Å². The minimum Gasteiger partial charge on any atom is -0.327 e. The number of hydrogen-bond donors (Lipinski definition) is 1. The van der Waals surface area contributed by atoms with Crippen LogP contribution in [0.15, 0.2) is 36.5 Å². The van der Waals surface area contributed by atoms with Gasteiger partial charge in [-0.15, -0.1) is 0 Å². The first-order valence-corrected chi connectivity index (χ1v) is 6.84. The first-order valence-electron chi connectivity index (χ1n) is 6.47. The Morgan fingerprint density at radius 2 is 2.10 bits per heavy atom. The molecule has 2 aromatic rings. The molecule has 0 spiro atoms. The van der Waals surface area contributed by atoms with E-state index in [1.54, 1.807) is 36.3 Å². The van der Waals surface area contributed by atoms with E-state index in [0.29, 0.717) is 23.1 Å². The molecular weight excluding hydrogens is 277 g/mol. The average Bonchev–Trinajstić information content (AvgIpc) is 2.46. The van der Waals surface area contributed by atoms with Crippen LogP contribution in [-0.2, 0) is 6.54 Å². The van der Waals surface area contributed by atoms with Gasteiger partial charge in [-0.1, -0.05) is 30.7 Å². The normalized spacial score (nSPS) is 10.6. The Bertz CT molecular complexity index is 589. The zero-order valence-corrected chi connectivity index (χ0v) is 12.3. The van der Waals surface area contributed by atoms with Gasteiger partial charge in [-0.2, -0.15) is 0 Å². The van der Waals surface area contributed by atoms with Crippen molar-refractivity contribution in [3.63, 3.8) is 0 Å². The summed E-state index contributed by atoms with van der Waals surface area (Å²) in [5.41, 5.74) is 1.43. The van der Waals surface area contributed by atoms with E-state index in [2.05, 4.69) is 10.3 Å². The molecule has 0 aliphatic carbocycles. The summed E-state index contributed by atoms with van der Waals surface area (Å²) in [5.74, 6) is 0.382. The Morgan fingerprint density at radius 3 is 2.80 bits per heavy atom. The van der Waals surface area contributed by atoms with Crippen LogP contribution in [-0.4, -0.2) is 18.6 Å². The Balaban J connectivity index is 2.30. The summed E-state index contributed by atoms with van der Waals surface area (Å²) in [6.07, 6.45) is 1.60. The van der Waals surface area contributed by atoms with Crippen molar-refractivity contribution in [1.29, 1.82) is 0 Å². The van der Waals surface area contributed by atoms with Crippen LogP contribution in [0.1, 0.15) is 12.5 Å². The molecule has 1 heterocycles. The van der Waals surface area contributed by atoms with Gasteiger partial charge in [-0.05, 0) is 30.3 Å². The van der Waals surface area contributed by atoms with Crippen LogP contribution in [0.25, 0.3) is 0 Å². The van der Waals surface area contributed by atoms with Crippen LogP contribution >= 0.6 is 11.6 Å². The van der Waals surface area contributed by atoms with E-state index in [9.17, 15) is 4.39 Å². The number of nitrogens with one attached hydrogen (secondary N) is 1. The monoisotopic (exact) mass is 293 g/mol. The first-order chi connectivity index (χ1) is 9.63. The van der Waals surface area contributed by atoms with Crippen molar-refractivity contribution in [1.82, 2.24) is 10.3 Å². The summed E-state index contributed by atoms with van der Waals surface area (Å²) < 4.78 is 13.8. The Kier molecular flexibility index (Phi) is 4.93. The van der Waals surface area contributed by atoms with Crippen molar-refractivity contribution < 1.29 is 4.39 Å². The lowest BCUT2D eigenvalue weighted by molar-refractivity contribution is 0.627. The molecule has 0 radical (unpaired) electrons. The number of anilines is 2. The van der Waals surface area contributed by atoms with Gasteiger partial charge in [0.05, 0.1) is 10.7 Å².